The van der Waals surface area contributed by atoms with Gasteiger partial charge in [0.05, 0.1) is 16.3 Å². The number of carbonyl (C=O) groups is 1. The van der Waals surface area contributed by atoms with E-state index in [1.54, 1.807) is 18.1 Å². The Labute approximate surface area is 239 Å². The van der Waals surface area contributed by atoms with Crippen LogP contribution in [0.15, 0.2) is 58.7 Å². The quantitative estimate of drug-likeness (QED) is 0.0568. The molecule has 1 aromatic heterocycles. The van der Waals surface area contributed by atoms with Crippen molar-refractivity contribution in [3.05, 3.63) is 76.5 Å². The number of benzene rings is 2. The fraction of sp³-hybridized carbons (Fsp3) is 0.321. The number of fused-ring (bicyclic) bond motifs is 1. The minimum Gasteiger partial charge on any atom is -0.475 e. The van der Waals surface area contributed by atoms with Crippen LogP contribution < -0.4 is 38.2 Å². The summed E-state index contributed by atoms with van der Waals surface area (Å²) >= 11 is 1.64. The number of rotatable bonds is 9. The van der Waals surface area contributed by atoms with Crippen LogP contribution in [0.1, 0.15) is 47.1 Å². The highest BCUT2D eigenvalue weighted by Crippen LogP contribution is 2.37. The number of anilines is 2. The van der Waals surface area contributed by atoms with Gasteiger partial charge in [0, 0.05) is 38.2 Å². The second-order valence-electron chi connectivity index (χ2n) is 9.50. The first-order chi connectivity index (χ1) is 19.3. The Morgan fingerprint density at radius 3 is 2.85 bits per heavy atom. The molecule has 0 saturated carbocycles. The highest BCUT2D eigenvalue weighted by Gasteiger charge is 2.24. The fourth-order valence-electron chi connectivity index (χ4n) is 4.71. The molecular formula is C28H37N9O2S. The van der Waals surface area contributed by atoms with E-state index in [-0.39, 0.29) is 24.2 Å². The van der Waals surface area contributed by atoms with Gasteiger partial charge in [-0.15, -0.1) is 5.10 Å². The molecule has 2 heterocycles. The number of hydrogen-bond donors (Lipinski definition) is 6. The molecule has 212 valence electrons. The molecule has 40 heavy (non-hydrogen) atoms. The van der Waals surface area contributed by atoms with Crippen LogP contribution in [0.5, 0.6) is 5.88 Å². The van der Waals surface area contributed by atoms with E-state index in [2.05, 4.69) is 55.7 Å². The lowest BCUT2D eigenvalue weighted by Gasteiger charge is -2.24. The highest BCUT2D eigenvalue weighted by atomic mass is 32.2. The zero-order valence-corrected chi connectivity index (χ0v) is 23.8. The van der Waals surface area contributed by atoms with Gasteiger partial charge in [0.15, 0.2) is 0 Å². The molecule has 1 atom stereocenters. The van der Waals surface area contributed by atoms with Crippen LogP contribution in [0, 0.1) is 13.8 Å². The first-order valence-electron chi connectivity index (χ1n) is 13.1. The molecule has 1 unspecified atom stereocenters. The molecule has 2 aromatic carbocycles. The molecule has 11 nitrogen and oxygen atoms in total. The summed E-state index contributed by atoms with van der Waals surface area (Å²) in [5, 5.41) is 9.53. The molecule has 3 aromatic rings. The van der Waals surface area contributed by atoms with Gasteiger partial charge in [-0.3, -0.25) is 10.1 Å². The van der Waals surface area contributed by atoms with Crippen LogP contribution in [-0.4, -0.2) is 40.9 Å². The maximum absolute atomic E-state index is 13.1. The average Bonchev–Trinajstić information content (AvgIpc) is 3.13. The average molecular weight is 564 g/mol. The van der Waals surface area contributed by atoms with Crippen molar-refractivity contribution in [2.24, 2.45) is 16.7 Å². The topological polar surface area (TPSA) is 169 Å². The summed E-state index contributed by atoms with van der Waals surface area (Å²) in [4.78, 5) is 18.4. The summed E-state index contributed by atoms with van der Waals surface area (Å²) in [6.45, 7) is 8.85. The number of pyridine rings is 1. The lowest BCUT2D eigenvalue weighted by Crippen LogP contribution is -2.39. The number of nitrogens with one attached hydrogen (secondary N) is 3. The number of guanidine groups is 1. The number of carbonyl (C=O) groups excluding carboxylic acids is 1. The normalized spacial score (nSPS) is 14.4. The number of aromatic nitrogens is 1. The van der Waals surface area contributed by atoms with Crippen molar-refractivity contribution in [1.29, 1.82) is 0 Å². The summed E-state index contributed by atoms with van der Waals surface area (Å²) in [5.41, 5.74) is 21.1. The van der Waals surface area contributed by atoms with Crippen LogP contribution >= 0.6 is 11.9 Å². The zero-order valence-electron chi connectivity index (χ0n) is 23.0. The van der Waals surface area contributed by atoms with Crippen LogP contribution in [0.2, 0.25) is 0 Å². The van der Waals surface area contributed by atoms with E-state index in [0.717, 1.165) is 51.5 Å². The number of nitrogens with zero attached hydrogens (tertiary/aromatic N) is 3. The molecule has 0 bridgehead atoms. The summed E-state index contributed by atoms with van der Waals surface area (Å²) in [5.74, 6) is 5.19. The molecule has 0 spiro atoms. The minimum absolute atomic E-state index is 0.107. The van der Waals surface area contributed by atoms with E-state index in [1.165, 1.54) is 0 Å². The number of hydrazine groups is 1. The van der Waals surface area contributed by atoms with E-state index in [1.807, 2.05) is 38.1 Å². The van der Waals surface area contributed by atoms with E-state index in [9.17, 15) is 4.79 Å². The van der Waals surface area contributed by atoms with E-state index < -0.39 is 0 Å². The van der Waals surface area contributed by atoms with Gasteiger partial charge < -0.3 is 21.5 Å². The standard InChI is InChI=1S/C28H37N9O2S/c1-4-32-23-10-9-21(18(3)26(23)29)22(15-25(38)34-28(30)35-36-31)19-8-7-17(2)20(14-19)16-37-12-13-39-27-24(40-37)6-5-11-33-27/h5-11,14,22,32,36H,4,12-13,15-16,29,31H2,1-3H3,(H3,30,34,35,38). The number of nitrogens with two attached hydrogens (primary N) is 3. The molecule has 1 aliphatic heterocycles. The van der Waals surface area contributed by atoms with Gasteiger partial charge in [-0.05, 0) is 78.7 Å². The number of amides is 1. The molecular weight excluding hydrogens is 526 g/mol. The summed E-state index contributed by atoms with van der Waals surface area (Å²) < 4.78 is 8.11. The fourth-order valence-corrected chi connectivity index (χ4v) is 5.69. The maximum atomic E-state index is 13.1. The molecule has 9 N–H and O–H groups in total. The molecule has 0 aliphatic carbocycles. The van der Waals surface area contributed by atoms with Crippen molar-refractivity contribution >= 4 is 35.2 Å². The maximum Gasteiger partial charge on any atom is 0.228 e. The number of ether oxygens (including phenoxy) is 1. The third kappa shape index (κ3) is 6.95. The minimum atomic E-state index is -0.290. The predicted octanol–water partition coefficient (Wildman–Crippen LogP) is 2.95. The highest BCUT2D eigenvalue weighted by molar-refractivity contribution is 7.97. The summed E-state index contributed by atoms with van der Waals surface area (Å²) in [7, 11) is 0. The van der Waals surface area contributed by atoms with Gasteiger partial charge in [-0.2, -0.15) is 0 Å². The molecule has 0 saturated heterocycles. The largest absolute Gasteiger partial charge is 0.475 e. The molecule has 0 fully saturated rings. The van der Waals surface area contributed by atoms with E-state index >= 15 is 0 Å². The third-order valence-electron chi connectivity index (χ3n) is 6.81. The van der Waals surface area contributed by atoms with Gasteiger partial charge in [0.25, 0.3) is 0 Å². The number of hydrogen-bond acceptors (Lipinski definition) is 10. The molecule has 4 rings (SSSR count). The van der Waals surface area contributed by atoms with Crippen molar-refractivity contribution in [2.75, 3.05) is 30.7 Å². The second-order valence-corrected chi connectivity index (χ2v) is 10.6. The van der Waals surface area contributed by atoms with Crippen LogP contribution in [0.4, 0.5) is 11.4 Å². The van der Waals surface area contributed by atoms with Crippen molar-refractivity contribution in [1.82, 2.24) is 20.1 Å². The SMILES string of the molecule is CCNc1ccc(C(CC(=O)N/C(N)=N/NN)c2ccc(C)c(CN3CCOc4ncccc4S3)c2)c(C)c1N. The number of hydrazone groups is 1. The summed E-state index contributed by atoms with van der Waals surface area (Å²) in [6, 6.07) is 14.3. The third-order valence-corrected chi connectivity index (χ3v) is 7.88. The van der Waals surface area contributed by atoms with Gasteiger partial charge in [-0.1, -0.05) is 24.3 Å². The molecule has 1 aliphatic rings. The van der Waals surface area contributed by atoms with Crippen molar-refractivity contribution < 1.29 is 9.53 Å². The first kappa shape index (κ1) is 29.0. The van der Waals surface area contributed by atoms with Crippen molar-refractivity contribution in [2.45, 2.75) is 44.6 Å². The van der Waals surface area contributed by atoms with Gasteiger partial charge >= 0.3 is 0 Å². The Kier molecular flexibility index (Phi) is 9.70. The number of nitrogen functional groups attached to an aromatic ring is 1. The lowest BCUT2D eigenvalue weighted by atomic mass is 9.83. The first-order valence-corrected chi connectivity index (χ1v) is 13.9. The van der Waals surface area contributed by atoms with Crippen molar-refractivity contribution in [3.63, 3.8) is 0 Å². The van der Waals surface area contributed by atoms with E-state index in [0.29, 0.717) is 24.7 Å². The Hall–Kier alpha value is -4.00. The smallest absolute Gasteiger partial charge is 0.228 e. The van der Waals surface area contributed by atoms with Gasteiger partial charge in [0.2, 0.25) is 17.7 Å². The Morgan fingerprint density at radius 2 is 2.08 bits per heavy atom. The van der Waals surface area contributed by atoms with Gasteiger partial charge in [0.1, 0.15) is 6.61 Å². The van der Waals surface area contributed by atoms with Gasteiger partial charge in [-0.25, -0.2) is 20.7 Å². The monoisotopic (exact) mass is 563 g/mol. The number of aryl methyl sites for hydroxylation is 1. The zero-order chi connectivity index (χ0) is 28.6. The Bertz CT molecular complexity index is 1380. The van der Waals surface area contributed by atoms with Crippen LogP contribution in [0.3, 0.4) is 0 Å². The Balaban J connectivity index is 1.67. The van der Waals surface area contributed by atoms with Crippen molar-refractivity contribution in [3.8, 4) is 5.88 Å². The van der Waals surface area contributed by atoms with E-state index in [4.69, 9.17) is 22.0 Å². The second kappa shape index (κ2) is 13.4. The molecule has 1 amide bonds. The summed E-state index contributed by atoms with van der Waals surface area (Å²) in [6.07, 6.45) is 1.88. The molecule has 0 radical (unpaired) electrons. The predicted molar refractivity (Wildman–Crippen MR) is 160 cm³/mol. The molecule has 12 heteroatoms. The lowest BCUT2D eigenvalue weighted by molar-refractivity contribution is -0.119. The van der Waals surface area contributed by atoms with Crippen LogP contribution in [-0.2, 0) is 11.3 Å². The Morgan fingerprint density at radius 1 is 1.25 bits per heavy atom. The van der Waals surface area contributed by atoms with Crippen LogP contribution in [0.25, 0.3) is 0 Å².